The molecular weight excluding hydrogens is 262 g/mol. The first-order valence-electron chi connectivity index (χ1n) is 7.13. The highest BCUT2D eigenvalue weighted by Crippen LogP contribution is 2.30. The summed E-state index contributed by atoms with van der Waals surface area (Å²) in [5, 5.41) is 2.98. The lowest BCUT2D eigenvalue weighted by molar-refractivity contribution is -0.121. The standard InChI is InChI=1S/C18H21NO2/c1-12-10-15(11-18(3,4)16(12)20)17(21)19-13(2)14-8-6-5-7-9-14/h5-11,13H,1-4H3,(H,19,21)/t13-/m1/s1. The molecule has 110 valence electrons. The molecular formula is C18H21NO2. The van der Waals surface area contributed by atoms with Crippen LogP contribution in [0.25, 0.3) is 0 Å². The number of Topliss-reactive ketones (excluding diaryl/α,β-unsaturated/α-hetero) is 1. The van der Waals surface area contributed by atoms with E-state index in [1.807, 2.05) is 51.1 Å². The van der Waals surface area contributed by atoms with Crippen LogP contribution >= 0.6 is 0 Å². The van der Waals surface area contributed by atoms with Crippen LogP contribution in [0, 0.1) is 5.41 Å². The van der Waals surface area contributed by atoms with E-state index in [1.165, 1.54) is 0 Å². The van der Waals surface area contributed by atoms with Crippen molar-refractivity contribution in [2.24, 2.45) is 5.41 Å². The van der Waals surface area contributed by atoms with Gasteiger partial charge in [0.25, 0.3) is 5.91 Å². The molecule has 0 saturated carbocycles. The van der Waals surface area contributed by atoms with E-state index in [0.29, 0.717) is 11.1 Å². The Labute approximate surface area is 125 Å². The minimum atomic E-state index is -0.624. The molecule has 1 aromatic carbocycles. The average Bonchev–Trinajstić information content (AvgIpc) is 2.45. The van der Waals surface area contributed by atoms with Crippen molar-refractivity contribution in [3.63, 3.8) is 0 Å². The number of ketones is 1. The molecule has 1 N–H and O–H groups in total. The maximum absolute atomic E-state index is 12.4. The molecule has 0 aromatic heterocycles. The van der Waals surface area contributed by atoms with Crippen LogP contribution in [0.15, 0.2) is 53.6 Å². The minimum Gasteiger partial charge on any atom is -0.346 e. The molecule has 1 atom stereocenters. The molecule has 0 unspecified atom stereocenters. The second-order valence-electron chi connectivity index (χ2n) is 6.08. The maximum Gasteiger partial charge on any atom is 0.251 e. The number of amides is 1. The molecule has 3 heteroatoms. The third kappa shape index (κ3) is 3.30. The van der Waals surface area contributed by atoms with Crippen molar-refractivity contribution in [2.75, 3.05) is 0 Å². The van der Waals surface area contributed by atoms with E-state index in [0.717, 1.165) is 5.56 Å². The molecule has 0 radical (unpaired) electrons. The molecule has 0 saturated heterocycles. The summed E-state index contributed by atoms with van der Waals surface area (Å²) in [4.78, 5) is 24.4. The van der Waals surface area contributed by atoms with Gasteiger partial charge in [-0.3, -0.25) is 9.59 Å². The van der Waals surface area contributed by atoms with Crippen molar-refractivity contribution in [3.8, 4) is 0 Å². The Hall–Kier alpha value is -2.16. The topological polar surface area (TPSA) is 46.2 Å². The van der Waals surface area contributed by atoms with Gasteiger partial charge in [0, 0.05) is 11.0 Å². The van der Waals surface area contributed by atoms with Crippen LogP contribution < -0.4 is 5.32 Å². The fourth-order valence-corrected chi connectivity index (χ4v) is 2.54. The van der Waals surface area contributed by atoms with Crippen LogP contribution in [-0.2, 0) is 9.59 Å². The van der Waals surface area contributed by atoms with Gasteiger partial charge < -0.3 is 5.32 Å². The first-order chi connectivity index (χ1) is 9.81. The number of nitrogens with one attached hydrogen (secondary N) is 1. The first-order valence-corrected chi connectivity index (χ1v) is 7.13. The van der Waals surface area contributed by atoms with Gasteiger partial charge in [-0.1, -0.05) is 36.4 Å². The molecule has 1 amide bonds. The van der Waals surface area contributed by atoms with Crippen molar-refractivity contribution in [3.05, 3.63) is 59.2 Å². The quantitative estimate of drug-likeness (QED) is 0.924. The zero-order valence-electron chi connectivity index (χ0n) is 12.9. The third-order valence-electron chi connectivity index (χ3n) is 3.74. The van der Waals surface area contributed by atoms with Crippen molar-refractivity contribution in [2.45, 2.75) is 33.7 Å². The van der Waals surface area contributed by atoms with Crippen LogP contribution in [-0.4, -0.2) is 11.7 Å². The smallest absolute Gasteiger partial charge is 0.251 e. The Balaban J connectivity index is 2.16. The summed E-state index contributed by atoms with van der Waals surface area (Å²) in [7, 11) is 0. The normalized spacial score (nSPS) is 18.6. The Kier molecular flexibility index (Phi) is 4.12. The van der Waals surface area contributed by atoms with Crippen molar-refractivity contribution in [1.82, 2.24) is 5.32 Å². The zero-order chi connectivity index (χ0) is 15.6. The molecule has 0 spiro atoms. The number of allylic oxidation sites excluding steroid dienone is 2. The van der Waals surface area contributed by atoms with Crippen LogP contribution in [0.2, 0.25) is 0 Å². The highest BCUT2D eigenvalue weighted by molar-refractivity contribution is 6.07. The summed E-state index contributed by atoms with van der Waals surface area (Å²) in [6.45, 7) is 7.37. The van der Waals surface area contributed by atoms with Crippen LogP contribution in [0.3, 0.4) is 0 Å². The van der Waals surface area contributed by atoms with Crippen molar-refractivity contribution >= 4 is 11.7 Å². The summed E-state index contributed by atoms with van der Waals surface area (Å²) >= 11 is 0. The van der Waals surface area contributed by atoms with Gasteiger partial charge in [-0.25, -0.2) is 0 Å². The lowest BCUT2D eigenvalue weighted by Gasteiger charge is -2.25. The molecule has 1 aliphatic rings. The molecule has 0 fully saturated rings. The molecule has 0 bridgehead atoms. The molecule has 1 aromatic rings. The Morgan fingerprint density at radius 3 is 2.38 bits per heavy atom. The predicted octanol–water partition coefficient (Wildman–Crippen LogP) is 3.35. The predicted molar refractivity (Wildman–Crippen MR) is 83.6 cm³/mol. The Bertz CT molecular complexity index is 624. The van der Waals surface area contributed by atoms with Gasteiger partial charge in [0.15, 0.2) is 5.78 Å². The van der Waals surface area contributed by atoms with Crippen molar-refractivity contribution in [1.29, 1.82) is 0 Å². The molecule has 0 aliphatic heterocycles. The van der Waals surface area contributed by atoms with E-state index in [2.05, 4.69) is 5.32 Å². The fourth-order valence-electron chi connectivity index (χ4n) is 2.54. The molecule has 3 nitrogen and oxygen atoms in total. The molecule has 1 aliphatic carbocycles. The molecule has 21 heavy (non-hydrogen) atoms. The summed E-state index contributed by atoms with van der Waals surface area (Å²) in [5.74, 6) is -0.0820. The summed E-state index contributed by atoms with van der Waals surface area (Å²) in [6, 6.07) is 9.73. The van der Waals surface area contributed by atoms with Crippen LogP contribution in [0.1, 0.15) is 39.3 Å². The second kappa shape index (κ2) is 5.68. The third-order valence-corrected chi connectivity index (χ3v) is 3.74. The minimum absolute atomic E-state index is 0.0650. The average molecular weight is 283 g/mol. The first kappa shape index (κ1) is 15.2. The summed E-state index contributed by atoms with van der Waals surface area (Å²) < 4.78 is 0. The highest BCUT2D eigenvalue weighted by atomic mass is 16.2. The number of carbonyl (C=O) groups is 2. The maximum atomic E-state index is 12.4. The van der Waals surface area contributed by atoms with E-state index in [4.69, 9.17) is 0 Å². The summed E-state index contributed by atoms with van der Waals surface area (Å²) in [5.41, 5.74) is 1.61. The summed E-state index contributed by atoms with van der Waals surface area (Å²) in [6.07, 6.45) is 3.41. The zero-order valence-corrected chi connectivity index (χ0v) is 12.9. The number of hydrogen-bond donors (Lipinski definition) is 1. The second-order valence-corrected chi connectivity index (χ2v) is 6.08. The van der Waals surface area contributed by atoms with E-state index in [-0.39, 0.29) is 17.7 Å². The molecule has 2 rings (SSSR count). The van der Waals surface area contributed by atoms with Gasteiger partial charge in [0.2, 0.25) is 0 Å². The number of benzene rings is 1. The van der Waals surface area contributed by atoms with Gasteiger partial charge in [0.1, 0.15) is 0 Å². The largest absolute Gasteiger partial charge is 0.346 e. The van der Waals surface area contributed by atoms with Gasteiger partial charge in [-0.15, -0.1) is 0 Å². The fraction of sp³-hybridized carbons (Fsp3) is 0.333. The van der Waals surface area contributed by atoms with Gasteiger partial charge in [0.05, 0.1) is 6.04 Å². The number of hydrogen-bond acceptors (Lipinski definition) is 2. The van der Waals surface area contributed by atoms with Gasteiger partial charge in [-0.2, -0.15) is 0 Å². The monoisotopic (exact) mass is 283 g/mol. The van der Waals surface area contributed by atoms with E-state index < -0.39 is 5.41 Å². The van der Waals surface area contributed by atoms with E-state index in [1.54, 1.807) is 19.1 Å². The van der Waals surface area contributed by atoms with Gasteiger partial charge in [-0.05, 0) is 44.9 Å². The SMILES string of the molecule is CC1=CC(C(=O)N[C@H](C)c2ccccc2)=CC(C)(C)C1=O. The highest BCUT2D eigenvalue weighted by Gasteiger charge is 2.31. The number of carbonyl (C=O) groups excluding carboxylic acids is 2. The van der Waals surface area contributed by atoms with Crippen LogP contribution in [0.4, 0.5) is 0 Å². The van der Waals surface area contributed by atoms with Crippen molar-refractivity contribution < 1.29 is 9.59 Å². The number of rotatable bonds is 3. The Morgan fingerprint density at radius 2 is 1.81 bits per heavy atom. The lowest BCUT2D eigenvalue weighted by atomic mass is 9.78. The van der Waals surface area contributed by atoms with E-state index >= 15 is 0 Å². The Morgan fingerprint density at radius 1 is 1.19 bits per heavy atom. The van der Waals surface area contributed by atoms with Crippen LogP contribution in [0.5, 0.6) is 0 Å². The lowest BCUT2D eigenvalue weighted by Crippen LogP contribution is -2.32. The molecule has 0 heterocycles. The van der Waals surface area contributed by atoms with E-state index in [9.17, 15) is 9.59 Å². The van der Waals surface area contributed by atoms with Gasteiger partial charge >= 0.3 is 0 Å².